The Hall–Kier alpha value is -3.47. The molecule has 170 valence electrons. The van der Waals surface area contributed by atoms with Crippen molar-refractivity contribution in [3.63, 3.8) is 0 Å². The lowest BCUT2D eigenvalue weighted by Gasteiger charge is -2.30. The van der Waals surface area contributed by atoms with Crippen molar-refractivity contribution in [2.75, 3.05) is 11.4 Å². The second-order valence-corrected chi connectivity index (χ2v) is 8.53. The smallest absolute Gasteiger partial charge is 0.258 e. The first kappa shape index (κ1) is 22.7. The van der Waals surface area contributed by atoms with Crippen molar-refractivity contribution < 1.29 is 9.59 Å². The second-order valence-electron chi connectivity index (χ2n) is 8.53. The summed E-state index contributed by atoms with van der Waals surface area (Å²) >= 11 is 0. The van der Waals surface area contributed by atoms with Crippen molar-refractivity contribution >= 4 is 17.6 Å². The van der Waals surface area contributed by atoms with Crippen molar-refractivity contribution in [2.45, 2.75) is 52.1 Å². The number of pyridine rings is 1. The van der Waals surface area contributed by atoms with E-state index in [1.165, 1.54) is 0 Å². The van der Waals surface area contributed by atoms with E-state index in [1.54, 1.807) is 16.0 Å². The van der Waals surface area contributed by atoms with E-state index in [2.05, 4.69) is 18.8 Å². The third kappa shape index (κ3) is 4.82. The number of carbonyl (C=O) groups excluding carboxylic acids is 2. The second kappa shape index (κ2) is 10.4. The molecule has 0 bridgehead atoms. The van der Waals surface area contributed by atoms with Crippen LogP contribution in [0.2, 0.25) is 0 Å². The molecule has 5 heteroatoms. The van der Waals surface area contributed by atoms with Crippen LogP contribution in [0.25, 0.3) is 11.1 Å². The van der Waals surface area contributed by atoms with Crippen LogP contribution in [0.1, 0.15) is 55.5 Å². The topological polar surface area (TPSA) is 53.5 Å². The Balaban J connectivity index is 1.83. The molecule has 1 aliphatic heterocycles. The maximum Gasteiger partial charge on any atom is 0.258 e. The summed E-state index contributed by atoms with van der Waals surface area (Å²) in [6.45, 7) is 5.11. The largest absolute Gasteiger partial charge is 0.322 e. The Morgan fingerprint density at radius 2 is 1.58 bits per heavy atom. The minimum atomic E-state index is -0.506. The van der Waals surface area contributed by atoms with Crippen LogP contribution >= 0.6 is 0 Å². The van der Waals surface area contributed by atoms with E-state index in [-0.39, 0.29) is 11.8 Å². The number of amides is 2. The lowest BCUT2D eigenvalue weighted by molar-refractivity contribution is -0.123. The van der Waals surface area contributed by atoms with Gasteiger partial charge in [0.2, 0.25) is 0 Å². The van der Waals surface area contributed by atoms with Gasteiger partial charge in [-0.05, 0) is 30.0 Å². The van der Waals surface area contributed by atoms with E-state index in [0.717, 1.165) is 36.0 Å². The summed E-state index contributed by atoms with van der Waals surface area (Å²) in [6, 6.07) is 21.2. The van der Waals surface area contributed by atoms with Crippen molar-refractivity contribution in [1.29, 1.82) is 0 Å². The predicted octanol–water partition coefficient (Wildman–Crippen LogP) is 5.71. The molecule has 4 rings (SSSR count). The molecule has 33 heavy (non-hydrogen) atoms. The lowest BCUT2D eigenvalue weighted by Crippen LogP contribution is -2.48. The van der Waals surface area contributed by atoms with Gasteiger partial charge in [-0.25, -0.2) is 4.98 Å². The zero-order valence-electron chi connectivity index (χ0n) is 19.4. The van der Waals surface area contributed by atoms with Gasteiger partial charge >= 0.3 is 0 Å². The average Bonchev–Trinajstić information content (AvgIpc) is 2.93. The first-order valence-corrected chi connectivity index (χ1v) is 11.9. The standard InChI is InChI=1S/C28H31N3O2/c1-3-5-17-30-26-24(18-23(19-29-26)22-15-10-7-11-16-22)27(32)31(25(12-4-2)28(30)33)20-21-13-8-6-9-14-21/h6-11,13-16,18-19,25H,3-5,12,17,20H2,1-2H3. The number of benzene rings is 2. The molecular weight excluding hydrogens is 410 g/mol. The molecule has 5 nitrogen and oxygen atoms in total. The lowest BCUT2D eigenvalue weighted by atomic mass is 10.0. The van der Waals surface area contributed by atoms with E-state index in [1.807, 2.05) is 66.7 Å². The van der Waals surface area contributed by atoms with Crippen LogP contribution in [0.3, 0.4) is 0 Å². The summed E-state index contributed by atoms with van der Waals surface area (Å²) in [5.41, 5.74) is 3.38. The SMILES string of the molecule is CCCCN1C(=O)C(CCC)N(Cc2ccccc2)C(=O)c2cc(-c3ccccc3)cnc21. The molecule has 2 aromatic carbocycles. The van der Waals surface area contributed by atoms with Crippen LogP contribution in [0, 0.1) is 0 Å². The van der Waals surface area contributed by atoms with Crippen molar-refractivity contribution in [3.05, 3.63) is 84.1 Å². The monoisotopic (exact) mass is 441 g/mol. The zero-order valence-corrected chi connectivity index (χ0v) is 19.4. The summed E-state index contributed by atoms with van der Waals surface area (Å²) < 4.78 is 0. The zero-order chi connectivity index (χ0) is 23.2. The molecule has 1 atom stereocenters. The predicted molar refractivity (Wildman–Crippen MR) is 132 cm³/mol. The van der Waals surface area contributed by atoms with E-state index >= 15 is 0 Å². The highest BCUT2D eigenvalue weighted by atomic mass is 16.2. The van der Waals surface area contributed by atoms with Gasteiger partial charge in [-0.3, -0.25) is 14.5 Å². The van der Waals surface area contributed by atoms with Gasteiger partial charge in [0.15, 0.2) is 0 Å². The van der Waals surface area contributed by atoms with E-state index in [0.29, 0.717) is 30.9 Å². The Bertz CT molecular complexity index is 1100. The van der Waals surface area contributed by atoms with Gasteiger partial charge in [-0.2, -0.15) is 0 Å². The number of anilines is 1. The fourth-order valence-electron chi connectivity index (χ4n) is 4.38. The molecule has 0 saturated heterocycles. The van der Waals surface area contributed by atoms with Crippen molar-refractivity contribution in [3.8, 4) is 11.1 Å². The quantitative estimate of drug-likeness (QED) is 0.450. The number of unbranched alkanes of at least 4 members (excludes halogenated alkanes) is 1. The molecule has 0 spiro atoms. The molecule has 0 radical (unpaired) electrons. The maximum absolute atomic E-state index is 14.0. The first-order valence-electron chi connectivity index (χ1n) is 11.9. The summed E-state index contributed by atoms with van der Waals surface area (Å²) in [5, 5.41) is 0. The molecule has 2 heterocycles. The van der Waals surface area contributed by atoms with E-state index in [4.69, 9.17) is 0 Å². The van der Waals surface area contributed by atoms with Gasteiger partial charge < -0.3 is 4.90 Å². The van der Waals surface area contributed by atoms with Gasteiger partial charge in [0.25, 0.3) is 11.8 Å². The van der Waals surface area contributed by atoms with Crippen LogP contribution in [-0.2, 0) is 11.3 Å². The van der Waals surface area contributed by atoms with Crippen LogP contribution in [-0.4, -0.2) is 34.3 Å². The highest BCUT2D eigenvalue weighted by Crippen LogP contribution is 2.32. The molecule has 0 fully saturated rings. The maximum atomic E-state index is 14.0. The fraction of sp³-hybridized carbons (Fsp3) is 0.321. The van der Waals surface area contributed by atoms with Gasteiger partial charge in [0, 0.05) is 24.8 Å². The summed E-state index contributed by atoms with van der Waals surface area (Å²) in [5.74, 6) is 0.313. The summed E-state index contributed by atoms with van der Waals surface area (Å²) in [6.07, 6.45) is 5.03. The molecule has 0 aliphatic carbocycles. The molecule has 2 amide bonds. The summed E-state index contributed by atoms with van der Waals surface area (Å²) in [7, 11) is 0. The number of fused-ring (bicyclic) bond motifs is 1. The fourth-order valence-corrected chi connectivity index (χ4v) is 4.38. The Morgan fingerprint density at radius 3 is 2.24 bits per heavy atom. The highest BCUT2D eigenvalue weighted by Gasteiger charge is 2.39. The highest BCUT2D eigenvalue weighted by molar-refractivity contribution is 6.10. The van der Waals surface area contributed by atoms with Crippen molar-refractivity contribution in [1.82, 2.24) is 9.88 Å². The van der Waals surface area contributed by atoms with Crippen LogP contribution < -0.4 is 4.90 Å². The van der Waals surface area contributed by atoms with E-state index in [9.17, 15) is 9.59 Å². The number of aromatic nitrogens is 1. The number of hydrogen-bond acceptors (Lipinski definition) is 3. The average molecular weight is 442 g/mol. The summed E-state index contributed by atoms with van der Waals surface area (Å²) in [4.78, 5) is 36.0. The number of hydrogen-bond donors (Lipinski definition) is 0. The molecule has 1 aromatic heterocycles. The minimum Gasteiger partial charge on any atom is -0.322 e. The Labute approximate surface area is 196 Å². The minimum absolute atomic E-state index is 0.0340. The Kier molecular flexibility index (Phi) is 7.18. The van der Waals surface area contributed by atoms with Crippen molar-refractivity contribution in [2.24, 2.45) is 0 Å². The van der Waals surface area contributed by atoms with Crippen LogP contribution in [0.5, 0.6) is 0 Å². The number of rotatable bonds is 8. The molecule has 0 saturated carbocycles. The molecule has 3 aromatic rings. The van der Waals surface area contributed by atoms with Gasteiger partial charge in [-0.15, -0.1) is 0 Å². The first-order chi connectivity index (χ1) is 16.1. The molecule has 0 N–H and O–H groups in total. The molecule has 1 unspecified atom stereocenters. The van der Waals surface area contributed by atoms with Gasteiger partial charge in [0.1, 0.15) is 11.9 Å². The van der Waals surface area contributed by atoms with Crippen LogP contribution in [0.4, 0.5) is 5.82 Å². The number of carbonyl (C=O) groups is 2. The Morgan fingerprint density at radius 1 is 0.879 bits per heavy atom. The molecular formula is C28H31N3O2. The van der Waals surface area contributed by atoms with Crippen LogP contribution in [0.15, 0.2) is 72.9 Å². The number of nitrogens with zero attached hydrogens (tertiary/aromatic N) is 3. The van der Waals surface area contributed by atoms with Gasteiger partial charge in [0.05, 0.1) is 5.56 Å². The normalized spacial score (nSPS) is 16.0. The third-order valence-corrected chi connectivity index (χ3v) is 6.14. The molecule has 1 aliphatic rings. The van der Waals surface area contributed by atoms with Gasteiger partial charge in [-0.1, -0.05) is 87.4 Å². The van der Waals surface area contributed by atoms with E-state index < -0.39 is 6.04 Å². The third-order valence-electron chi connectivity index (χ3n) is 6.14.